The van der Waals surface area contributed by atoms with Crippen LogP contribution >= 0.6 is 14.5 Å². The molecule has 5 fully saturated rings. The molecule has 9 rings (SSSR count). The Hall–Kier alpha value is -2.81. The lowest BCUT2D eigenvalue weighted by molar-refractivity contribution is -0.185. The molecule has 2 aliphatic heterocycles. The highest BCUT2D eigenvalue weighted by Crippen LogP contribution is 2.62. The second-order valence-corrected chi connectivity index (χ2v) is 15.7. The van der Waals surface area contributed by atoms with Crippen molar-refractivity contribution in [3.05, 3.63) is 35.7 Å². The maximum absolute atomic E-state index is 16.0. The molecule has 0 amide bonds. The highest BCUT2D eigenvalue weighted by atomic mass is 32.5. The van der Waals surface area contributed by atoms with Gasteiger partial charge in [-0.25, -0.2) is 33.9 Å². The third kappa shape index (κ3) is 4.84. The van der Waals surface area contributed by atoms with Gasteiger partial charge in [0, 0.05) is 0 Å². The van der Waals surface area contributed by atoms with Gasteiger partial charge in [0.2, 0.25) is 0 Å². The summed E-state index contributed by atoms with van der Waals surface area (Å²) < 4.78 is 60.1. The quantitative estimate of drug-likeness (QED) is 0.173. The van der Waals surface area contributed by atoms with Crippen LogP contribution in [-0.2, 0) is 39.2 Å². The van der Waals surface area contributed by atoms with Gasteiger partial charge in [0.05, 0.1) is 44.3 Å². The van der Waals surface area contributed by atoms with Gasteiger partial charge in [0.25, 0.3) is 5.56 Å². The number of nitrogens with two attached hydrogens (primary N) is 1. The number of nitrogens with one attached hydrogen (secondary N) is 1. The van der Waals surface area contributed by atoms with Gasteiger partial charge in [-0.05, 0) is 36.0 Å². The highest BCUT2D eigenvalue weighted by molar-refractivity contribution is 8.07. The lowest BCUT2D eigenvalue weighted by Crippen LogP contribution is -2.62. The normalized spacial score (nSPS) is 41.3. The number of aromatic amines is 1. The highest BCUT2D eigenvalue weighted by Gasteiger charge is 2.61. The summed E-state index contributed by atoms with van der Waals surface area (Å²) in [5.74, 6) is -1.15. The number of nitrogens with zero attached hydrogens (tertiary/aromatic N) is 7. The fourth-order valence-corrected chi connectivity index (χ4v) is 9.49. The number of fused-ring (bicyclic) bond motifs is 4. The number of rotatable bonds is 2. The van der Waals surface area contributed by atoms with Crippen molar-refractivity contribution in [2.75, 3.05) is 18.9 Å². The molecular weight excluding hydrogens is 675 g/mol. The molecular formula is C23H26FN9O10P2S. The van der Waals surface area contributed by atoms with Crippen LogP contribution in [0.2, 0.25) is 0 Å². The first-order valence-electron chi connectivity index (χ1n) is 14.0. The Kier molecular flexibility index (Phi) is 7.20. The van der Waals surface area contributed by atoms with Crippen molar-refractivity contribution in [2.45, 2.75) is 49.3 Å². The monoisotopic (exact) mass is 701 g/mol. The Balaban J connectivity index is 1.11. The molecule has 46 heavy (non-hydrogen) atoms. The number of phosphoric ester groups is 1. The number of anilines is 1. The first-order valence-corrected chi connectivity index (χ1v) is 18.1. The summed E-state index contributed by atoms with van der Waals surface area (Å²) in [6.07, 6.45) is -3.78. The lowest BCUT2D eigenvalue weighted by Gasteiger charge is -2.59. The van der Waals surface area contributed by atoms with E-state index in [4.69, 9.17) is 40.4 Å². The van der Waals surface area contributed by atoms with Gasteiger partial charge in [-0.3, -0.25) is 18.4 Å². The molecule has 4 bridgehead atoms. The zero-order valence-corrected chi connectivity index (χ0v) is 25.9. The molecule has 12 atom stereocenters. The first kappa shape index (κ1) is 30.5. The van der Waals surface area contributed by atoms with Crippen LogP contribution in [0.25, 0.3) is 22.3 Å². The van der Waals surface area contributed by atoms with Crippen LogP contribution < -0.4 is 11.3 Å². The predicted octanol–water partition coefficient (Wildman–Crippen LogP) is 0.0795. The number of phosphoric acid groups is 1. The number of alkyl halides is 1. The molecule has 19 nitrogen and oxygen atoms in total. The molecule has 246 valence electrons. The standard InChI is InChI=1S/C23H26FN9O10P2S/c24-12-18-11(41-23(12)33-7-31-14-21(33)28-5-29-22(14)35)3-40-45(38,46)43-17-9-1-8(10(9)2-39-44(36,37)42-18)15(16(17)34)32-6-30-13-19(25)26-4-27-20(13)32/h4-12,15-18,23,34H,1-3H2,(H,36,37)(H,38,46)(H2,25,26,27)(H,28,29,35)/t8-,9-,10-,11+,12+,15+,16-,17+,18+,23+,45?/m0/s1. The second kappa shape index (κ2) is 10.9. The number of aromatic nitrogens is 8. The van der Waals surface area contributed by atoms with Crippen LogP contribution in [0.4, 0.5) is 10.2 Å². The zero-order valence-electron chi connectivity index (χ0n) is 23.3. The van der Waals surface area contributed by atoms with Crippen LogP contribution in [0.15, 0.2) is 30.1 Å². The lowest BCUT2D eigenvalue weighted by atomic mass is 9.53. The van der Waals surface area contributed by atoms with Crippen molar-refractivity contribution in [1.29, 1.82) is 0 Å². The van der Waals surface area contributed by atoms with E-state index in [1.165, 1.54) is 12.7 Å². The summed E-state index contributed by atoms with van der Waals surface area (Å²) in [4.78, 5) is 56.9. The number of halogens is 1. The summed E-state index contributed by atoms with van der Waals surface area (Å²) in [5.41, 5.74) is 5.94. The number of imidazole rings is 2. The predicted molar refractivity (Wildman–Crippen MR) is 155 cm³/mol. The van der Waals surface area contributed by atoms with Crippen LogP contribution in [0.3, 0.4) is 0 Å². The maximum Gasteiger partial charge on any atom is 0.472 e. The number of aliphatic hydroxyl groups excluding tert-OH is 1. The third-order valence-electron chi connectivity index (χ3n) is 9.15. The van der Waals surface area contributed by atoms with Gasteiger partial charge < -0.3 is 44.0 Å². The van der Waals surface area contributed by atoms with E-state index >= 15 is 4.39 Å². The molecule has 2 unspecified atom stereocenters. The van der Waals surface area contributed by atoms with Gasteiger partial charge in [0.15, 0.2) is 35.0 Å². The summed E-state index contributed by atoms with van der Waals surface area (Å²) in [6.45, 7) is -5.14. The molecule has 5 aliphatic rings. The van der Waals surface area contributed by atoms with E-state index in [1.807, 2.05) is 0 Å². The van der Waals surface area contributed by atoms with E-state index in [-0.39, 0.29) is 29.5 Å². The molecule has 3 aliphatic carbocycles. The number of hydrogen-bond acceptors (Lipinski definition) is 15. The molecule has 0 radical (unpaired) electrons. The second-order valence-electron chi connectivity index (χ2n) is 11.5. The average Bonchev–Trinajstić information content (AvgIpc) is 3.69. The van der Waals surface area contributed by atoms with Gasteiger partial charge in [-0.2, -0.15) is 0 Å². The van der Waals surface area contributed by atoms with E-state index in [0.29, 0.717) is 17.6 Å². The largest absolute Gasteiger partial charge is 0.472 e. The van der Waals surface area contributed by atoms with Gasteiger partial charge in [0.1, 0.15) is 30.2 Å². The fraction of sp³-hybridized carbons (Fsp3) is 0.565. The Morgan fingerprint density at radius 1 is 0.978 bits per heavy atom. The minimum Gasteiger partial charge on any atom is -0.388 e. The smallest absolute Gasteiger partial charge is 0.388 e. The van der Waals surface area contributed by atoms with E-state index in [0.717, 1.165) is 17.2 Å². The molecule has 4 aromatic heterocycles. The number of H-pyrrole nitrogens is 1. The Morgan fingerprint density at radius 2 is 1.74 bits per heavy atom. The molecule has 4 aromatic rings. The topological polar surface area (TPSA) is 257 Å². The molecule has 2 saturated heterocycles. The number of hydrogen-bond donors (Lipinski definition) is 5. The van der Waals surface area contributed by atoms with E-state index in [9.17, 15) is 24.3 Å². The molecule has 6 N–H and O–H groups in total. The minimum atomic E-state index is -4.95. The van der Waals surface area contributed by atoms with Crippen molar-refractivity contribution in [1.82, 2.24) is 39.0 Å². The van der Waals surface area contributed by atoms with Gasteiger partial charge >= 0.3 is 14.5 Å². The molecule has 6 heterocycles. The van der Waals surface area contributed by atoms with Crippen molar-refractivity contribution >= 4 is 54.5 Å². The molecule has 0 aromatic carbocycles. The summed E-state index contributed by atoms with van der Waals surface area (Å²) in [5, 5.41) is 11.6. The molecule has 0 spiro atoms. The van der Waals surface area contributed by atoms with Gasteiger partial charge in [-0.15, -0.1) is 0 Å². The summed E-state index contributed by atoms with van der Waals surface area (Å²) >= 11 is 5.31. The van der Waals surface area contributed by atoms with Crippen LogP contribution in [-0.4, -0.2) is 97.7 Å². The van der Waals surface area contributed by atoms with Crippen LogP contribution in [0, 0.1) is 17.8 Å². The summed E-state index contributed by atoms with van der Waals surface area (Å²) in [6, 6.07) is -0.744. The Morgan fingerprint density at radius 3 is 2.57 bits per heavy atom. The zero-order chi connectivity index (χ0) is 32.1. The van der Waals surface area contributed by atoms with E-state index in [1.54, 1.807) is 4.57 Å². The number of ether oxygens (including phenoxy) is 1. The fourth-order valence-electron chi connectivity index (χ4n) is 7.05. The minimum absolute atomic E-state index is 0.0134. The average molecular weight is 702 g/mol. The summed E-state index contributed by atoms with van der Waals surface area (Å²) in [7, 11) is -4.95. The molecule has 23 heteroatoms. The number of nitrogen functional groups attached to an aromatic ring is 1. The van der Waals surface area contributed by atoms with Crippen molar-refractivity contribution in [2.24, 2.45) is 17.8 Å². The molecule has 3 saturated carbocycles. The van der Waals surface area contributed by atoms with Crippen molar-refractivity contribution in [3.63, 3.8) is 0 Å². The SMILES string of the molecule is Nc1ncnc2c1ncn2[C@H]1[C@H](O)[C@@H]2OP(O)(=S)OC[C@H]3O[C@@H](n4cnc5c(=O)[nH]cnc54)[C@H](F)[C@@H]3OP(=O)(O)OC[C@@H]3[C@@H]2C[C@@H]31. The Bertz CT molecular complexity index is 2000. The van der Waals surface area contributed by atoms with E-state index in [2.05, 4.69) is 29.9 Å². The van der Waals surface area contributed by atoms with Gasteiger partial charge in [-0.1, -0.05) is 0 Å². The first-order chi connectivity index (χ1) is 21.9. The van der Waals surface area contributed by atoms with Crippen molar-refractivity contribution in [3.8, 4) is 0 Å². The third-order valence-corrected chi connectivity index (χ3v) is 11.7. The van der Waals surface area contributed by atoms with Crippen molar-refractivity contribution < 1.29 is 46.7 Å². The van der Waals surface area contributed by atoms with E-state index < -0.39 is 81.4 Å². The van der Waals surface area contributed by atoms with Crippen LogP contribution in [0.1, 0.15) is 18.7 Å². The maximum atomic E-state index is 16.0. The Labute approximate surface area is 261 Å². The van der Waals surface area contributed by atoms with Crippen LogP contribution in [0.5, 0.6) is 0 Å². The number of aliphatic hydroxyl groups is 1.